The van der Waals surface area contributed by atoms with Crippen molar-refractivity contribution in [2.45, 2.75) is 33.5 Å². The van der Waals surface area contributed by atoms with Gasteiger partial charge in [0.1, 0.15) is 5.78 Å². The normalized spacial score (nSPS) is 20.3. The van der Waals surface area contributed by atoms with Crippen LogP contribution < -0.4 is 0 Å². The van der Waals surface area contributed by atoms with Crippen molar-refractivity contribution in [2.75, 3.05) is 19.8 Å². The molecule has 0 aliphatic carbocycles. The van der Waals surface area contributed by atoms with Crippen molar-refractivity contribution in [3.8, 4) is 0 Å². The molecule has 0 spiro atoms. The monoisotopic (exact) mass is 233 g/mol. The predicted octanol–water partition coefficient (Wildman–Crippen LogP) is 2.82. The molecule has 1 saturated heterocycles. The fourth-order valence-electron chi connectivity index (χ4n) is 1.46. The van der Waals surface area contributed by atoms with E-state index in [1.807, 2.05) is 38.8 Å². The molecule has 1 aliphatic heterocycles. The lowest BCUT2D eigenvalue weighted by molar-refractivity contribution is 0.216. The van der Waals surface area contributed by atoms with Gasteiger partial charge in [-0.05, 0) is 33.9 Å². The zero-order chi connectivity index (χ0) is 11.5. The lowest BCUT2D eigenvalue weighted by atomic mass is 10.4. The fraction of sp³-hybridized carbons (Fsp3) is 0.800. The largest absolute Gasteiger partial charge is 0.359 e. The predicted molar refractivity (Wildman–Crippen MR) is 60.8 cm³/mol. The minimum Gasteiger partial charge on any atom is -0.359 e. The molecular weight excluding hydrogens is 213 g/mol. The van der Waals surface area contributed by atoms with Crippen molar-refractivity contribution in [3.05, 3.63) is 11.8 Å². The third-order valence-corrected chi connectivity index (χ3v) is 4.46. The highest BCUT2D eigenvalue weighted by atomic mass is 31.2. The molecular formula is C10H20NO3P. The molecule has 0 aromatic carbocycles. The van der Waals surface area contributed by atoms with Crippen LogP contribution in [0.3, 0.4) is 0 Å². The Labute approximate surface area is 91.8 Å². The maximum Gasteiger partial charge on any atom is 0.354 e. The summed E-state index contributed by atoms with van der Waals surface area (Å²) < 4.78 is 22.8. The van der Waals surface area contributed by atoms with E-state index >= 15 is 0 Å². The standard InChI is InChI=1S/C10H20NO3P/c1-5-13-15(12,14-6-2)10-8-11(10)7-9(3)4/h7,10H,5-6,8H2,1-4H3. The van der Waals surface area contributed by atoms with Crippen LogP contribution in [-0.4, -0.2) is 30.4 Å². The van der Waals surface area contributed by atoms with Crippen LogP contribution in [0.4, 0.5) is 0 Å². The molecule has 0 N–H and O–H groups in total. The molecule has 1 heterocycles. The fourth-order valence-corrected chi connectivity index (χ4v) is 3.42. The summed E-state index contributed by atoms with van der Waals surface area (Å²) in [4.78, 5) is 2.00. The molecule has 1 atom stereocenters. The van der Waals surface area contributed by atoms with E-state index in [0.29, 0.717) is 13.2 Å². The van der Waals surface area contributed by atoms with Gasteiger partial charge in [-0.15, -0.1) is 0 Å². The van der Waals surface area contributed by atoms with Gasteiger partial charge in [-0.1, -0.05) is 5.57 Å². The van der Waals surface area contributed by atoms with Crippen molar-refractivity contribution in [1.29, 1.82) is 0 Å². The van der Waals surface area contributed by atoms with Gasteiger partial charge in [-0.3, -0.25) is 4.57 Å². The molecule has 88 valence electrons. The van der Waals surface area contributed by atoms with Gasteiger partial charge in [-0.2, -0.15) is 0 Å². The smallest absolute Gasteiger partial charge is 0.354 e. The van der Waals surface area contributed by atoms with E-state index in [-0.39, 0.29) is 5.78 Å². The van der Waals surface area contributed by atoms with Crippen LogP contribution in [0.15, 0.2) is 11.8 Å². The summed E-state index contributed by atoms with van der Waals surface area (Å²) in [5, 5.41) is 0. The SMILES string of the molecule is CCOP(=O)(OCC)C1CN1C=C(C)C. The zero-order valence-electron chi connectivity index (χ0n) is 9.90. The Hall–Kier alpha value is -0.310. The molecule has 0 aromatic heterocycles. The summed E-state index contributed by atoms with van der Waals surface area (Å²) in [5.74, 6) is -0.0766. The van der Waals surface area contributed by atoms with E-state index in [4.69, 9.17) is 9.05 Å². The topological polar surface area (TPSA) is 38.5 Å². The summed E-state index contributed by atoms with van der Waals surface area (Å²) in [5.41, 5.74) is 1.19. The molecule has 1 unspecified atom stereocenters. The Morgan fingerprint density at radius 2 is 1.93 bits per heavy atom. The van der Waals surface area contributed by atoms with Crippen molar-refractivity contribution in [3.63, 3.8) is 0 Å². The third-order valence-electron chi connectivity index (χ3n) is 2.03. The summed E-state index contributed by atoms with van der Waals surface area (Å²) in [7, 11) is -2.91. The molecule has 1 aliphatic rings. The third kappa shape index (κ3) is 3.33. The van der Waals surface area contributed by atoms with E-state index in [9.17, 15) is 4.57 Å². The second kappa shape index (κ2) is 5.15. The van der Waals surface area contributed by atoms with Crippen molar-refractivity contribution < 1.29 is 13.6 Å². The molecule has 1 fully saturated rings. The highest BCUT2D eigenvalue weighted by Gasteiger charge is 2.49. The molecule has 0 bridgehead atoms. The van der Waals surface area contributed by atoms with Gasteiger partial charge in [0.05, 0.1) is 19.8 Å². The maximum atomic E-state index is 12.3. The molecule has 0 amide bonds. The van der Waals surface area contributed by atoms with Gasteiger partial charge in [0.2, 0.25) is 0 Å². The van der Waals surface area contributed by atoms with Crippen LogP contribution in [-0.2, 0) is 13.6 Å². The number of hydrogen-bond donors (Lipinski definition) is 0. The molecule has 1 rings (SSSR count). The van der Waals surface area contributed by atoms with Gasteiger partial charge in [0.15, 0.2) is 0 Å². The molecule has 0 aromatic rings. The zero-order valence-corrected chi connectivity index (χ0v) is 10.8. The first-order chi connectivity index (χ1) is 7.03. The molecule has 0 saturated carbocycles. The highest BCUT2D eigenvalue weighted by Crippen LogP contribution is 2.59. The van der Waals surface area contributed by atoms with Gasteiger partial charge in [-0.25, -0.2) is 0 Å². The van der Waals surface area contributed by atoms with Crippen LogP contribution in [0.1, 0.15) is 27.7 Å². The van der Waals surface area contributed by atoms with Crippen molar-refractivity contribution >= 4 is 7.60 Å². The molecule has 0 radical (unpaired) electrons. The highest BCUT2D eigenvalue weighted by molar-refractivity contribution is 7.55. The Morgan fingerprint density at radius 1 is 1.40 bits per heavy atom. The summed E-state index contributed by atoms with van der Waals surface area (Å²) in [6, 6.07) is 0. The van der Waals surface area contributed by atoms with E-state index in [0.717, 1.165) is 6.54 Å². The minimum absolute atomic E-state index is 0.0766. The lowest BCUT2D eigenvalue weighted by Crippen LogP contribution is -2.04. The van der Waals surface area contributed by atoms with Crippen molar-refractivity contribution in [2.24, 2.45) is 0 Å². The van der Waals surface area contributed by atoms with Crippen LogP contribution >= 0.6 is 7.60 Å². The van der Waals surface area contributed by atoms with E-state index < -0.39 is 7.60 Å². The van der Waals surface area contributed by atoms with Gasteiger partial charge in [0.25, 0.3) is 0 Å². The van der Waals surface area contributed by atoms with Crippen LogP contribution in [0.2, 0.25) is 0 Å². The van der Waals surface area contributed by atoms with Gasteiger partial charge >= 0.3 is 7.60 Å². The quantitative estimate of drug-likeness (QED) is 0.522. The van der Waals surface area contributed by atoms with Crippen LogP contribution in [0.25, 0.3) is 0 Å². The first-order valence-corrected chi connectivity index (χ1v) is 6.94. The molecule has 15 heavy (non-hydrogen) atoms. The summed E-state index contributed by atoms with van der Waals surface area (Å²) in [6.45, 7) is 9.32. The maximum absolute atomic E-state index is 12.3. The van der Waals surface area contributed by atoms with Crippen molar-refractivity contribution in [1.82, 2.24) is 4.90 Å². The second-order valence-corrected chi connectivity index (χ2v) is 5.95. The molecule has 4 nitrogen and oxygen atoms in total. The summed E-state index contributed by atoms with van der Waals surface area (Å²) in [6.07, 6.45) is 2.00. The Morgan fingerprint density at radius 3 is 2.33 bits per heavy atom. The van der Waals surface area contributed by atoms with Gasteiger partial charge in [0, 0.05) is 0 Å². The van der Waals surface area contributed by atoms with Gasteiger partial charge < -0.3 is 13.9 Å². The van der Waals surface area contributed by atoms with Crippen LogP contribution in [0.5, 0.6) is 0 Å². The minimum atomic E-state index is -2.91. The summed E-state index contributed by atoms with van der Waals surface area (Å²) >= 11 is 0. The molecule has 5 heteroatoms. The first kappa shape index (κ1) is 12.8. The lowest BCUT2D eigenvalue weighted by Gasteiger charge is -2.16. The number of allylic oxidation sites excluding steroid dienone is 1. The average Bonchev–Trinajstić information content (AvgIpc) is 2.84. The Bertz CT molecular complexity index is 276. The number of nitrogens with zero attached hydrogens (tertiary/aromatic N) is 1. The van der Waals surface area contributed by atoms with Crippen LogP contribution in [0, 0.1) is 0 Å². The average molecular weight is 233 g/mol. The number of hydrogen-bond acceptors (Lipinski definition) is 4. The van der Waals surface area contributed by atoms with E-state index in [2.05, 4.69) is 0 Å². The number of rotatable bonds is 6. The Kier molecular flexibility index (Phi) is 4.38. The Balaban J connectivity index is 2.61. The van der Waals surface area contributed by atoms with E-state index in [1.165, 1.54) is 5.57 Å². The van der Waals surface area contributed by atoms with E-state index in [1.54, 1.807) is 0 Å². The second-order valence-electron chi connectivity index (χ2n) is 3.76. The first-order valence-electron chi connectivity index (χ1n) is 5.33.